The van der Waals surface area contributed by atoms with E-state index < -0.39 is 11.6 Å². The molecule has 0 unspecified atom stereocenters. The molecule has 5 aromatic rings. The predicted molar refractivity (Wildman–Crippen MR) is 212 cm³/mol. The van der Waals surface area contributed by atoms with Crippen LogP contribution >= 0.6 is 34.8 Å². The van der Waals surface area contributed by atoms with Crippen LogP contribution in [0, 0.1) is 11.8 Å². The Morgan fingerprint density at radius 1 is 1.00 bits per heavy atom. The Balaban J connectivity index is 1.21. The Hall–Kier alpha value is -4.62. The fourth-order valence-electron chi connectivity index (χ4n) is 6.15. The van der Waals surface area contributed by atoms with E-state index in [0.29, 0.717) is 68.3 Å². The number of hydrogen-bond donors (Lipinski definition) is 0. The third kappa shape index (κ3) is 9.01. The van der Waals surface area contributed by atoms with Crippen LogP contribution in [0.3, 0.4) is 0 Å². The van der Waals surface area contributed by atoms with E-state index in [1.54, 1.807) is 53.4 Å². The minimum absolute atomic E-state index is 0.0258. The molecule has 0 bridgehead atoms. The van der Waals surface area contributed by atoms with Gasteiger partial charge in [0.15, 0.2) is 0 Å². The molecule has 1 fully saturated rings. The second-order valence-corrected chi connectivity index (χ2v) is 15.7. The van der Waals surface area contributed by atoms with Crippen LogP contribution in [-0.4, -0.2) is 52.0 Å². The second kappa shape index (κ2) is 16.4. The highest BCUT2D eigenvalue weighted by molar-refractivity contribution is 6.39. The van der Waals surface area contributed by atoms with Crippen LogP contribution in [0.1, 0.15) is 92.6 Å². The monoisotopic (exact) mass is 789 g/mol. The van der Waals surface area contributed by atoms with Gasteiger partial charge in [-0.15, -0.1) is 0 Å². The van der Waals surface area contributed by atoms with Gasteiger partial charge in [0.2, 0.25) is 0 Å². The van der Waals surface area contributed by atoms with E-state index in [9.17, 15) is 9.59 Å². The average molecular weight is 791 g/mol. The number of aromatic nitrogens is 2. The number of halogens is 3. The number of ether oxygens (including phenoxy) is 3. The summed E-state index contributed by atoms with van der Waals surface area (Å²) in [5.74, 6) is 7.54. The molecular weight excluding hydrogens is 749 g/mol. The summed E-state index contributed by atoms with van der Waals surface area (Å²) in [4.78, 5) is 27.3. The number of fused-ring (bicyclic) bond motifs is 1. The van der Waals surface area contributed by atoms with Gasteiger partial charge in [0.1, 0.15) is 29.4 Å². The van der Waals surface area contributed by atoms with Gasteiger partial charge >= 0.3 is 12.1 Å². The van der Waals surface area contributed by atoms with Crippen molar-refractivity contribution in [3.63, 3.8) is 0 Å². The number of esters is 1. The number of rotatable bonds is 11. The molecule has 0 aliphatic heterocycles. The molecule has 2 heterocycles. The highest BCUT2D eigenvalue weighted by atomic mass is 35.5. The van der Waals surface area contributed by atoms with Gasteiger partial charge in [0, 0.05) is 59.4 Å². The molecule has 0 N–H and O–H groups in total. The minimum Gasteiger partial charge on any atom is -0.489 e. The SMILES string of the molecule is COC(=O)c1cc(C#Cc2ccc(OCc3c(-c4c(Cl)cccc4Cl)noc3C3CC3)cc2Cl)c2ccn(CCCN(C(=O)OC(C)(C)C)C(C)C)c2c1. The first-order valence-corrected chi connectivity index (χ1v) is 19.0. The van der Waals surface area contributed by atoms with Crippen LogP contribution in [-0.2, 0) is 22.6 Å². The van der Waals surface area contributed by atoms with Crippen LogP contribution in [0.15, 0.2) is 65.3 Å². The summed E-state index contributed by atoms with van der Waals surface area (Å²) in [6, 6.07) is 16.1. The van der Waals surface area contributed by atoms with Crippen LogP contribution in [0.25, 0.3) is 22.2 Å². The topological polar surface area (TPSA) is 96.0 Å². The van der Waals surface area contributed by atoms with Crippen molar-refractivity contribution in [3.8, 4) is 28.8 Å². The number of nitrogens with zero attached hydrogens (tertiary/aromatic N) is 3. The third-order valence-corrected chi connectivity index (χ3v) is 9.92. The van der Waals surface area contributed by atoms with E-state index in [1.165, 1.54) is 7.11 Å². The van der Waals surface area contributed by atoms with Crippen LogP contribution in [0.5, 0.6) is 5.75 Å². The molecule has 282 valence electrons. The maximum absolute atomic E-state index is 12.8. The summed E-state index contributed by atoms with van der Waals surface area (Å²) in [7, 11) is 1.35. The van der Waals surface area contributed by atoms with Gasteiger partial charge in [0.25, 0.3) is 0 Å². The summed E-state index contributed by atoms with van der Waals surface area (Å²) >= 11 is 19.8. The lowest BCUT2D eigenvalue weighted by molar-refractivity contribution is 0.0186. The number of methoxy groups -OCH3 is 1. The lowest BCUT2D eigenvalue weighted by Crippen LogP contribution is -2.41. The van der Waals surface area contributed by atoms with Gasteiger partial charge in [0.05, 0.1) is 38.8 Å². The molecule has 1 aliphatic rings. The Kier molecular flexibility index (Phi) is 11.9. The summed E-state index contributed by atoms with van der Waals surface area (Å²) in [6.45, 7) is 10.8. The first kappa shape index (κ1) is 39.1. The first-order chi connectivity index (χ1) is 25.7. The largest absolute Gasteiger partial charge is 0.489 e. The van der Waals surface area contributed by atoms with Crippen molar-refractivity contribution in [2.24, 2.45) is 0 Å². The van der Waals surface area contributed by atoms with Gasteiger partial charge in [-0.25, -0.2) is 9.59 Å². The quantitative estimate of drug-likeness (QED) is 0.0971. The Bertz CT molecular complexity index is 2230. The van der Waals surface area contributed by atoms with Crippen molar-refractivity contribution in [2.75, 3.05) is 13.7 Å². The van der Waals surface area contributed by atoms with Gasteiger partial charge in [-0.05, 0) is 96.3 Å². The van der Waals surface area contributed by atoms with Crippen molar-refractivity contribution in [1.82, 2.24) is 14.6 Å². The van der Waals surface area contributed by atoms with Gasteiger partial charge in [-0.2, -0.15) is 0 Å². The van der Waals surface area contributed by atoms with Crippen molar-refractivity contribution >= 4 is 57.8 Å². The number of benzene rings is 3. The van der Waals surface area contributed by atoms with E-state index in [0.717, 1.165) is 35.1 Å². The summed E-state index contributed by atoms with van der Waals surface area (Å²) in [5, 5.41) is 6.56. The molecule has 0 radical (unpaired) electrons. The predicted octanol–water partition coefficient (Wildman–Crippen LogP) is 10.9. The molecular formula is C42H42Cl3N3O6. The molecule has 54 heavy (non-hydrogen) atoms. The van der Waals surface area contributed by atoms with E-state index in [4.69, 9.17) is 53.5 Å². The number of amides is 1. The smallest absolute Gasteiger partial charge is 0.410 e. The Morgan fingerprint density at radius 2 is 1.72 bits per heavy atom. The van der Waals surface area contributed by atoms with Crippen molar-refractivity contribution < 1.29 is 28.3 Å². The molecule has 2 aromatic heterocycles. The standard InChI is InChI=1S/C42H42Cl3N3O6/c1-25(2)48(41(50)53-42(3,4)5)19-8-18-47-20-17-31-28(21-29(22-36(31)47)40(49)51-6)14-11-26-15-16-30(23-35(26)45)52-24-32-38(46-54-39(32)27-12-13-27)37-33(43)9-7-10-34(37)44/h7,9-10,15-17,20-23,25,27H,8,12-13,18-19,24H2,1-6H3. The lowest BCUT2D eigenvalue weighted by Gasteiger charge is -2.30. The minimum atomic E-state index is -0.584. The number of aryl methyl sites for hydroxylation is 1. The fraction of sp³-hybridized carbons (Fsp3) is 0.357. The molecule has 0 atom stereocenters. The van der Waals surface area contributed by atoms with Crippen molar-refractivity contribution in [1.29, 1.82) is 0 Å². The molecule has 1 aliphatic carbocycles. The van der Waals surface area contributed by atoms with Gasteiger partial charge < -0.3 is 28.2 Å². The van der Waals surface area contributed by atoms with E-state index >= 15 is 0 Å². The fourth-order valence-corrected chi connectivity index (χ4v) is 6.94. The van der Waals surface area contributed by atoms with Crippen molar-refractivity contribution in [2.45, 2.75) is 84.6 Å². The highest BCUT2D eigenvalue weighted by Crippen LogP contribution is 2.46. The van der Waals surface area contributed by atoms with Crippen molar-refractivity contribution in [3.05, 3.63) is 104 Å². The summed E-state index contributed by atoms with van der Waals surface area (Å²) < 4.78 is 24.7. The van der Waals surface area contributed by atoms with Crippen LogP contribution in [0.4, 0.5) is 4.79 Å². The zero-order valence-corrected chi connectivity index (χ0v) is 33.4. The summed E-state index contributed by atoms with van der Waals surface area (Å²) in [5.41, 5.74) is 3.81. The zero-order chi connectivity index (χ0) is 38.7. The molecule has 1 amide bonds. The number of carbonyl (C=O) groups is 2. The van der Waals surface area contributed by atoms with Crippen LogP contribution < -0.4 is 4.74 Å². The molecule has 0 saturated heterocycles. The third-order valence-electron chi connectivity index (χ3n) is 8.98. The maximum Gasteiger partial charge on any atom is 0.410 e. The van der Waals surface area contributed by atoms with E-state index in [1.807, 2.05) is 46.9 Å². The van der Waals surface area contributed by atoms with E-state index in [2.05, 4.69) is 21.6 Å². The van der Waals surface area contributed by atoms with Crippen LogP contribution in [0.2, 0.25) is 15.1 Å². The van der Waals surface area contributed by atoms with Gasteiger partial charge in [-0.1, -0.05) is 57.9 Å². The molecule has 1 saturated carbocycles. The van der Waals surface area contributed by atoms with Gasteiger partial charge in [-0.3, -0.25) is 0 Å². The molecule has 0 spiro atoms. The summed E-state index contributed by atoms with van der Waals surface area (Å²) in [6.07, 6.45) is 4.32. The Labute approximate surface area is 330 Å². The number of hydrogen-bond acceptors (Lipinski definition) is 7. The maximum atomic E-state index is 12.8. The molecule has 3 aromatic carbocycles. The molecule has 9 nitrogen and oxygen atoms in total. The molecule has 6 rings (SSSR count). The average Bonchev–Trinajstić information content (AvgIpc) is 3.75. The van der Waals surface area contributed by atoms with E-state index in [-0.39, 0.29) is 24.7 Å². The Morgan fingerprint density at radius 3 is 2.37 bits per heavy atom. The zero-order valence-electron chi connectivity index (χ0n) is 31.1. The highest BCUT2D eigenvalue weighted by Gasteiger charge is 2.34. The number of carbonyl (C=O) groups excluding carboxylic acids is 2. The first-order valence-electron chi connectivity index (χ1n) is 17.8. The second-order valence-electron chi connectivity index (χ2n) is 14.5. The molecule has 12 heteroatoms. The lowest BCUT2D eigenvalue weighted by atomic mass is 10.0. The normalized spacial score (nSPS) is 12.8.